The summed E-state index contributed by atoms with van der Waals surface area (Å²) in [6, 6.07) is 8.22. The predicted octanol–water partition coefficient (Wildman–Crippen LogP) is 3.83. The Labute approximate surface area is 134 Å². The second-order valence-corrected chi connectivity index (χ2v) is 6.35. The van der Waals surface area contributed by atoms with Gasteiger partial charge >= 0.3 is 0 Å². The number of nitrogens with zero attached hydrogens (tertiary/aromatic N) is 2. The van der Waals surface area contributed by atoms with Crippen LogP contribution in [-0.4, -0.2) is 35.5 Å². The number of hydrogen-bond donors (Lipinski definition) is 0. The van der Waals surface area contributed by atoms with Gasteiger partial charge < -0.3 is 9.64 Å². The molecule has 116 valence electrons. The van der Waals surface area contributed by atoms with Gasteiger partial charge in [-0.15, -0.1) is 11.3 Å². The molecule has 0 atom stereocenters. The first kappa shape index (κ1) is 15.0. The SMILES string of the molecule is CCOc1ccc(-c2nc(C(=O)N(C)C3CCC3)cs2)cc1. The first-order chi connectivity index (χ1) is 10.7. The van der Waals surface area contributed by atoms with Gasteiger partial charge in [-0.3, -0.25) is 4.79 Å². The van der Waals surface area contributed by atoms with E-state index in [1.54, 1.807) is 0 Å². The Bertz CT molecular complexity index is 647. The lowest BCUT2D eigenvalue weighted by atomic mass is 9.92. The van der Waals surface area contributed by atoms with Gasteiger partial charge in [-0.25, -0.2) is 4.98 Å². The first-order valence-electron chi connectivity index (χ1n) is 7.65. The fraction of sp³-hybridized carbons (Fsp3) is 0.412. The van der Waals surface area contributed by atoms with Gasteiger partial charge in [-0.1, -0.05) is 0 Å². The molecule has 1 aromatic carbocycles. The van der Waals surface area contributed by atoms with E-state index in [2.05, 4.69) is 4.98 Å². The van der Waals surface area contributed by atoms with Crippen LogP contribution < -0.4 is 4.74 Å². The van der Waals surface area contributed by atoms with Crippen LogP contribution in [0.2, 0.25) is 0 Å². The molecule has 1 amide bonds. The number of carbonyl (C=O) groups excluding carboxylic acids is 1. The molecule has 22 heavy (non-hydrogen) atoms. The second kappa shape index (κ2) is 6.48. The Morgan fingerprint density at radius 3 is 2.68 bits per heavy atom. The van der Waals surface area contributed by atoms with Crippen molar-refractivity contribution in [1.29, 1.82) is 0 Å². The lowest BCUT2D eigenvalue weighted by Gasteiger charge is -2.34. The third-order valence-electron chi connectivity index (χ3n) is 4.08. The summed E-state index contributed by atoms with van der Waals surface area (Å²) in [6.45, 7) is 2.62. The van der Waals surface area contributed by atoms with E-state index in [4.69, 9.17) is 4.74 Å². The monoisotopic (exact) mass is 316 g/mol. The zero-order valence-corrected chi connectivity index (χ0v) is 13.7. The van der Waals surface area contributed by atoms with E-state index in [-0.39, 0.29) is 5.91 Å². The first-order valence-corrected chi connectivity index (χ1v) is 8.53. The number of amides is 1. The topological polar surface area (TPSA) is 42.4 Å². The van der Waals surface area contributed by atoms with Crippen molar-refractivity contribution < 1.29 is 9.53 Å². The van der Waals surface area contributed by atoms with Crippen molar-refractivity contribution in [3.8, 4) is 16.3 Å². The van der Waals surface area contributed by atoms with Crippen LogP contribution >= 0.6 is 11.3 Å². The summed E-state index contributed by atoms with van der Waals surface area (Å²) >= 11 is 1.51. The number of hydrogen-bond acceptors (Lipinski definition) is 4. The summed E-state index contributed by atoms with van der Waals surface area (Å²) in [5.41, 5.74) is 1.56. The molecule has 1 fully saturated rings. The van der Waals surface area contributed by atoms with E-state index in [0.717, 1.165) is 29.2 Å². The van der Waals surface area contributed by atoms with Crippen LogP contribution in [0.1, 0.15) is 36.7 Å². The van der Waals surface area contributed by atoms with Crippen molar-refractivity contribution in [3.05, 3.63) is 35.3 Å². The summed E-state index contributed by atoms with van der Waals surface area (Å²) in [5, 5.41) is 2.72. The van der Waals surface area contributed by atoms with Crippen LogP contribution in [0.15, 0.2) is 29.6 Å². The van der Waals surface area contributed by atoms with E-state index in [9.17, 15) is 4.79 Å². The number of aromatic nitrogens is 1. The Morgan fingerprint density at radius 2 is 2.09 bits per heavy atom. The maximum absolute atomic E-state index is 12.4. The second-order valence-electron chi connectivity index (χ2n) is 5.50. The Balaban J connectivity index is 1.73. The molecule has 1 aromatic heterocycles. The van der Waals surface area contributed by atoms with E-state index < -0.39 is 0 Å². The molecule has 1 heterocycles. The van der Waals surface area contributed by atoms with Crippen molar-refractivity contribution in [2.24, 2.45) is 0 Å². The molecule has 1 saturated carbocycles. The minimum Gasteiger partial charge on any atom is -0.494 e. The van der Waals surface area contributed by atoms with Crippen LogP contribution in [0.5, 0.6) is 5.75 Å². The van der Waals surface area contributed by atoms with Crippen molar-refractivity contribution in [1.82, 2.24) is 9.88 Å². The summed E-state index contributed by atoms with van der Waals surface area (Å²) in [7, 11) is 1.88. The zero-order chi connectivity index (χ0) is 15.5. The Kier molecular flexibility index (Phi) is 4.43. The fourth-order valence-electron chi connectivity index (χ4n) is 2.49. The third kappa shape index (κ3) is 2.99. The molecule has 3 rings (SSSR count). The molecule has 0 aliphatic heterocycles. The smallest absolute Gasteiger partial charge is 0.273 e. The van der Waals surface area contributed by atoms with Gasteiger partial charge in [-0.05, 0) is 50.5 Å². The predicted molar refractivity (Wildman–Crippen MR) is 88.5 cm³/mol. The molecule has 1 aliphatic rings. The molecule has 0 bridgehead atoms. The van der Waals surface area contributed by atoms with E-state index in [0.29, 0.717) is 18.3 Å². The van der Waals surface area contributed by atoms with Crippen molar-refractivity contribution >= 4 is 17.2 Å². The highest BCUT2D eigenvalue weighted by Gasteiger charge is 2.27. The quantitative estimate of drug-likeness (QED) is 0.842. The summed E-state index contributed by atoms with van der Waals surface area (Å²) < 4.78 is 5.44. The number of rotatable bonds is 5. The van der Waals surface area contributed by atoms with Gasteiger partial charge in [0.25, 0.3) is 5.91 Å². The highest BCUT2D eigenvalue weighted by atomic mass is 32.1. The van der Waals surface area contributed by atoms with Crippen LogP contribution in [0.25, 0.3) is 10.6 Å². The average molecular weight is 316 g/mol. The molecule has 0 saturated heterocycles. The van der Waals surface area contributed by atoms with Gasteiger partial charge in [0.1, 0.15) is 16.5 Å². The molecule has 2 aromatic rings. The van der Waals surface area contributed by atoms with Crippen molar-refractivity contribution in [3.63, 3.8) is 0 Å². The highest BCUT2D eigenvalue weighted by Crippen LogP contribution is 2.28. The zero-order valence-electron chi connectivity index (χ0n) is 12.9. The van der Waals surface area contributed by atoms with E-state index >= 15 is 0 Å². The van der Waals surface area contributed by atoms with Crippen LogP contribution in [0, 0.1) is 0 Å². The van der Waals surface area contributed by atoms with Gasteiger partial charge in [0.15, 0.2) is 0 Å². The normalized spacial score (nSPS) is 14.5. The number of ether oxygens (including phenoxy) is 1. The molecular formula is C17H20N2O2S. The molecule has 1 aliphatic carbocycles. The van der Waals surface area contributed by atoms with Gasteiger partial charge in [0.05, 0.1) is 6.61 Å². The fourth-order valence-corrected chi connectivity index (χ4v) is 3.29. The Morgan fingerprint density at radius 1 is 1.36 bits per heavy atom. The minimum absolute atomic E-state index is 0.0261. The van der Waals surface area contributed by atoms with Gasteiger partial charge in [-0.2, -0.15) is 0 Å². The maximum Gasteiger partial charge on any atom is 0.273 e. The maximum atomic E-state index is 12.4. The van der Waals surface area contributed by atoms with Gasteiger partial charge in [0, 0.05) is 24.0 Å². The molecular weight excluding hydrogens is 296 g/mol. The van der Waals surface area contributed by atoms with Gasteiger partial charge in [0.2, 0.25) is 0 Å². The van der Waals surface area contributed by atoms with Crippen LogP contribution in [0.3, 0.4) is 0 Å². The third-order valence-corrected chi connectivity index (χ3v) is 4.97. The number of benzene rings is 1. The van der Waals surface area contributed by atoms with Crippen molar-refractivity contribution in [2.45, 2.75) is 32.2 Å². The molecule has 0 spiro atoms. The minimum atomic E-state index is 0.0261. The molecule has 4 nitrogen and oxygen atoms in total. The molecule has 0 N–H and O–H groups in total. The summed E-state index contributed by atoms with van der Waals surface area (Å²) in [4.78, 5) is 18.8. The van der Waals surface area contributed by atoms with E-state index in [1.807, 2.05) is 48.5 Å². The molecule has 0 unspecified atom stereocenters. The average Bonchev–Trinajstić information content (AvgIpc) is 2.95. The molecule has 0 radical (unpaired) electrons. The summed E-state index contributed by atoms with van der Waals surface area (Å²) in [5.74, 6) is 0.877. The highest BCUT2D eigenvalue weighted by molar-refractivity contribution is 7.13. The lowest BCUT2D eigenvalue weighted by Crippen LogP contribution is -2.41. The lowest BCUT2D eigenvalue weighted by molar-refractivity contribution is 0.0647. The number of thiazole rings is 1. The van der Waals surface area contributed by atoms with E-state index in [1.165, 1.54) is 17.8 Å². The van der Waals surface area contributed by atoms with Crippen LogP contribution in [-0.2, 0) is 0 Å². The summed E-state index contributed by atoms with van der Waals surface area (Å²) in [6.07, 6.45) is 3.44. The number of carbonyl (C=O) groups is 1. The van der Waals surface area contributed by atoms with Crippen LogP contribution in [0.4, 0.5) is 0 Å². The van der Waals surface area contributed by atoms with Crippen molar-refractivity contribution in [2.75, 3.05) is 13.7 Å². The largest absolute Gasteiger partial charge is 0.494 e. The molecule has 5 heteroatoms. The Hall–Kier alpha value is -1.88. The standard InChI is InChI=1S/C17H20N2O2S/c1-3-21-14-9-7-12(8-10-14)16-18-15(11-22-16)17(20)19(2)13-5-4-6-13/h7-11,13H,3-6H2,1-2H3.